The van der Waals surface area contributed by atoms with Gasteiger partial charge in [0.2, 0.25) is 5.66 Å². The highest BCUT2D eigenvalue weighted by atomic mass is 19.4. The minimum atomic E-state index is -4.78. The second-order valence-electron chi connectivity index (χ2n) is 7.06. The Morgan fingerprint density at radius 2 is 1.62 bits per heavy atom. The van der Waals surface area contributed by atoms with Crippen molar-refractivity contribution >= 4 is 22.4 Å². The zero-order chi connectivity index (χ0) is 20.6. The first-order chi connectivity index (χ1) is 13.9. The summed E-state index contributed by atoms with van der Waals surface area (Å²) in [5, 5.41) is 13.5. The third-order valence-electron chi connectivity index (χ3n) is 5.27. The van der Waals surface area contributed by atoms with Crippen LogP contribution in [0.2, 0.25) is 0 Å². The van der Waals surface area contributed by atoms with Crippen LogP contribution in [0.1, 0.15) is 15.9 Å². The van der Waals surface area contributed by atoms with E-state index in [4.69, 9.17) is 0 Å². The number of para-hydroxylation sites is 1. The lowest BCUT2D eigenvalue weighted by molar-refractivity contribution is -0.216. The van der Waals surface area contributed by atoms with E-state index in [1.54, 1.807) is 42.5 Å². The molecule has 4 rings (SSSR count). The fourth-order valence-electron chi connectivity index (χ4n) is 3.91. The van der Waals surface area contributed by atoms with Crippen LogP contribution < -0.4 is 5.32 Å². The quantitative estimate of drug-likeness (QED) is 0.690. The lowest BCUT2D eigenvalue weighted by atomic mass is 9.85. The van der Waals surface area contributed by atoms with E-state index in [2.05, 4.69) is 5.32 Å². The molecule has 0 spiro atoms. The molecule has 1 atom stereocenters. The number of hydrogen-bond donors (Lipinski definition) is 2. The number of aliphatic hydroxyl groups is 1. The van der Waals surface area contributed by atoms with Gasteiger partial charge in [0.25, 0.3) is 5.91 Å². The summed E-state index contributed by atoms with van der Waals surface area (Å²) in [6, 6.07) is 18.5. The summed E-state index contributed by atoms with van der Waals surface area (Å²) in [7, 11) is 0. The van der Waals surface area contributed by atoms with Crippen LogP contribution in [0, 0.1) is 0 Å². The normalized spacial score (nSPS) is 19.3. The van der Waals surface area contributed by atoms with E-state index < -0.39 is 37.3 Å². The van der Waals surface area contributed by atoms with Crippen molar-refractivity contribution in [2.45, 2.75) is 18.3 Å². The van der Waals surface area contributed by atoms with Crippen LogP contribution in [0.4, 0.5) is 18.9 Å². The van der Waals surface area contributed by atoms with Crippen molar-refractivity contribution in [1.29, 1.82) is 0 Å². The lowest BCUT2D eigenvalue weighted by Gasteiger charge is -2.48. The van der Waals surface area contributed by atoms with E-state index in [1.807, 2.05) is 12.1 Å². The van der Waals surface area contributed by atoms with E-state index in [9.17, 15) is 23.1 Å². The predicted octanol–water partition coefficient (Wildman–Crippen LogP) is 4.20. The maximum atomic E-state index is 14.5. The number of benzene rings is 3. The molecular weight excluding hydrogens is 381 g/mol. The van der Waals surface area contributed by atoms with Crippen LogP contribution in [0.25, 0.3) is 10.8 Å². The van der Waals surface area contributed by atoms with Crippen molar-refractivity contribution in [3.63, 3.8) is 0 Å². The fraction of sp³-hybridized carbons (Fsp3) is 0.227. The number of nitrogens with zero attached hydrogens (tertiary/aromatic N) is 1. The Labute approximate surface area is 165 Å². The maximum absolute atomic E-state index is 14.5. The summed E-state index contributed by atoms with van der Waals surface area (Å²) >= 11 is 0. The molecule has 1 unspecified atom stereocenters. The number of alkyl halides is 3. The second-order valence-corrected chi connectivity index (χ2v) is 7.06. The molecule has 29 heavy (non-hydrogen) atoms. The number of nitrogens with one attached hydrogen (secondary N) is 1. The van der Waals surface area contributed by atoms with Gasteiger partial charge in [-0.3, -0.25) is 4.79 Å². The van der Waals surface area contributed by atoms with Gasteiger partial charge in [-0.15, -0.1) is 0 Å². The van der Waals surface area contributed by atoms with Crippen LogP contribution in [-0.4, -0.2) is 40.9 Å². The molecule has 0 aromatic heterocycles. The van der Waals surface area contributed by atoms with Gasteiger partial charge in [-0.25, -0.2) is 0 Å². The predicted molar refractivity (Wildman–Crippen MR) is 105 cm³/mol. The van der Waals surface area contributed by atoms with Gasteiger partial charge in [-0.1, -0.05) is 48.5 Å². The molecule has 0 saturated heterocycles. The topological polar surface area (TPSA) is 52.6 Å². The van der Waals surface area contributed by atoms with Crippen LogP contribution in [0.5, 0.6) is 0 Å². The number of anilines is 1. The molecule has 7 heteroatoms. The summed E-state index contributed by atoms with van der Waals surface area (Å²) in [5.74, 6) is -0.758. The van der Waals surface area contributed by atoms with Crippen molar-refractivity contribution in [2.24, 2.45) is 0 Å². The van der Waals surface area contributed by atoms with E-state index in [-0.39, 0.29) is 11.3 Å². The van der Waals surface area contributed by atoms with E-state index in [1.165, 1.54) is 12.1 Å². The smallest absolute Gasteiger partial charge is 0.395 e. The SMILES string of the molecule is O=C1c2cc3ccccc3cc2CC(Nc2ccccc2)(C(F)(F)F)N1CCO. The number of rotatable bonds is 4. The molecule has 0 saturated carbocycles. The summed E-state index contributed by atoms with van der Waals surface area (Å²) in [5.41, 5.74) is -1.87. The highest BCUT2D eigenvalue weighted by molar-refractivity contribution is 6.02. The number of halogens is 3. The van der Waals surface area contributed by atoms with Crippen LogP contribution >= 0.6 is 0 Å². The van der Waals surface area contributed by atoms with E-state index in [0.29, 0.717) is 10.5 Å². The van der Waals surface area contributed by atoms with Gasteiger partial charge < -0.3 is 15.3 Å². The van der Waals surface area contributed by atoms with Crippen molar-refractivity contribution < 1.29 is 23.1 Å². The average molecular weight is 400 g/mol. The number of carbonyl (C=O) groups is 1. The highest BCUT2D eigenvalue weighted by Crippen LogP contribution is 2.43. The zero-order valence-corrected chi connectivity index (χ0v) is 15.4. The lowest BCUT2D eigenvalue weighted by Crippen LogP contribution is -2.69. The monoisotopic (exact) mass is 400 g/mol. The molecule has 1 amide bonds. The van der Waals surface area contributed by atoms with E-state index >= 15 is 0 Å². The van der Waals surface area contributed by atoms with Crippen molar-refractivity contribution in [3.05, 3.63) is 77.9 Å². The largest absolute Gasteiger partial charge is 0.430 e. The summed E-state index contributed by atoms with van der Waals surface area (Å²) < 4.78 is 43.5. The number of β-amino-alcohol motifs (C(OH)–C–C–N with tert-alkyl or cyclic N) is 1. The average Bonchev–Trinajstić information content (AvgIpc) is 2.70. The second kappa shape index (κ2) is 7.08. The Morgan fingerprint density at radius 1 is 1.00 bits per heavy atom. The minimum Gasteiger partial charge on any atom is -0.395 e. The Bertz CT molecular complexity index is 1050. The van der Waals surface area contributed by atoms with Crippen molar-refractivity contribution in [3.8, 4) is 0 Å². The Morgan fingerprint density at radius 3 is 2.24 bits per heavy atom. The van der Waals surface area contributed by atoms with E-state index in [0.717, 1.165) is 10.8 Å². The minimum absolute atomic E-state index is 0.229. The number of amides is 1. The Balaban J connectivity index is 1.91. The Kier molecular flexibility index (Phi) is 4.70. The van der Waals surface area contributed by atoms with Crippen molar-refractivity contribution in [2.75, 3.05) is 18.5 Å². The fourth-order valence-corrected chi connectivity index (χ4v) is 3.91. The maximum Gasteiger partial charge on any atom is 0.430 e. The molecule has 0 radical (unpaired) electrons. The third-order valence-corrected chi connectivity index (χ3v) is 5.27. The van der Waals surface area contributed by atoms with Gasteiger partial charge in [0.1, 0.15) is 0 Å². The molecule has 0 aliphatic carbocycles. The summed E-state index contributed by atoms with van der Waals surface area (Å²) in [6.45, 7) is -1.02. The van der Waals surface area contributed by atoms with Crippen LogP contribution in [0.15, 0.2) is 66.7 Å². The van der Waals surface area contributed by atoms with Crippen LogP contribution in [-0.2, 0) is 6.42 Å². The highest BCUT2D eigenvalue weighted by Gasteiger charge is 2.62. The number of aliphatic hydroxyl groups excluding tert-OH is 1. The first-order valence-corrected chi connectivity index (χ1v) is 9.20. The molecule has 3 aromatic carbocycles. The van der Waals surface area contributed by atoms with Gasteiger partial charge in [0, 0.05) is 24.2 Å². The molecule has 1 aliphatic heterocycles. The zero-order valence-electron chi connectivity index (χ0n) is 15.4. The molecule has 3 aromatic rings. The third kappa shape index (κ3) is 3.21. The number of carbonyl (C=O) groups excluding carboxylic acids is 1. The van der Waals surface area contributed by atoms with Crippen LogP contribution in [0.3, 0.4) is 0 Å². The first-order valence-electron chi connectivity index (χ1n) is 9.20. The van der Waals surface area contributed by atoms with Gasteiger partial charge >= 0.3 is 6.18 Å². The Hall–Kier alpha value is -3.06. The molecule has 0 fully saturated rings. The summed E-state index contributed by atoms with van der Waals surface area (Å²) in [6.07, 6.45) is -5.24. The van der Waals surface area contributed by atoms with Gasteiger partial charge in [0.15, 0.2) is 0 Å². The van der Waals surface area contributed by atoms with Gasteiger partial charge in [-0.05, 0) is 34.5 Å². The standard InChI is InChI=1S/C22H19F3N2O2/c23-22(24,25)21(26-18-8-2-1-3-9-18)14-17-12-15-6-4-5-7-16(15)13-19(17)20(29)27(21)10-11-28/h1-9,12-13,26,28H,10-11,14H2. The molecule has 1 heterocycles. The van der Waals surface area contributed by atoms with Gasteiger partial charge in [0.05, 0.1) is 6.61 Å². The van der Waals surface area contributed by atoms with Crippen molar-refractivity contribution in [1.82, 2.24) is 4.90 Å². The molecule has 150 valence electrons. The first kappa shape index (κ1) is 19.3. The number of fused-ring (bicyclic) bond motifs is 2. The molecule has 2 N–H and O–H groups in total. The van der Waals surface area contributed by atoms with Gasteiger partial charge in [-0.2, -0.15) is 13.2 Å². The molecular formula is C22H19F3N2O2. The molecule has 4 nitrogen and oxygen atoms in total. The number of hydrogen-bond acceptors (Lipinski definition) is 3. The molecule has 0 bridgehead atoms. The summed E-state index contributed by atoms with van der Waals surface area (Å²) in [4.78, 5) is 13.9. The molecule has 1 aliphatic rings.